The summed E-state index contributed by atoms with van der Waals surface area (Å²) in [6.45, 7) is -0.501. The summed E-state index contributed by atoms with van der Waals surface area (Å²) in [5.41, 5.74) is 1.18. The third-order valence-corrected chi connectivity index (χ3v) is 7.65. The number of aliphatic hydroxyl groups excluding tert-OH is 3. The van der Waals surface area contributed by atoms with E-state index in [2.05, 4.69) is 5.32 Å². The minimum Gasteiger partial charge on any atom is -0.493 e. The second-order valence-corrected chi connectivity index (χ2v) is 10.8. The van der Waals surface area contributed by atoms with E-state index in [9.17, 15) is 29.3 Å². The van der Waals surface area contributed by atoms with Crippen LogP contribution in [0.5, 0.6) is 11.5 Å². The third kappa shape index (κ3) is 6.89. The first-order chi connectivity index (χ1) is 18.8. The molecule has 11 heteroatoms. The molecule has 1 fully saturated rings. The number of nitrogens with one attached hydrogen (secondary N) is 1. The number of ether oxygens (including phenoxy) is 2. The number of hydrogen-bond donors (Lipinski definition) is 4. The van der Waals surface area contributed by atoms with Gasteiger partial charge in [0.25, 0.3) is 0 Å². The lowest BCUT2D eigenvalue weighted by Gasteiger charge is -2.41. The Morgan fingerprint density at radius 2 is 1.95 bits per heavy atom. The summed E-state index contributed by atoms with van der Waals surface area (Å²) in [6, 6.07) is 8.59. The van der Waals surface area contributed by atoms with Crippen LogP contribution in [0.3, 0.4) is 0 Å². The topological polar surface area (TPSA) is 129 Å². The molecule has 9 nitrogen and oxygen atoms in total. The van der Waals surface area contributed by atoms with E-state index in [-0.39, 0.29) is 50.1 Å². The maximum absolute atomic E-state index is 14.6. The quantitative estimate of drug-likeness (QED) is 0.274. The van der Waals surface area contributed by atoms with E-state index in [0.29, 0.717) is 39.0 Å². The molecule has 2 aliphatic rings. The minimum atomic E-state index is -1.26. The van der Waals surface area contributed by atoms with E-state index in [1.165, 1.54) is 24.2 Å². The first-order valence-corrected chi connectivity index (χ1v) is 13.8. The van der Waals surface area contributed by atoms with Gasteiger partial charge < -0.3 is 35.0 Å². The number of benzene rings is 2. The number of carbonyl (C=O) groups excluding carboxylic acids is 2. The van der Waals surface area contributed by atoms with Crippen LogP contribution in [0.15, 0.2) is 48.0 Å². The van der Waals surface area contributed by atoms with Crippen LogP contribution >= 0.6 is 22.6 Å². The van der Waals surface area contributed by atoms with Crippen molar-refractivity contribution in [2.45, 2.75) is 50.7 Å². The molecule has 0 aliphatic heterocycles. The van der Waals surface area contributed by atoms with Gasteiger partial charge in [-0.05, 0) is 65.3 Å². The van der Waals surface area contributed by atoms with Crippen LogP contribution in [0.2, 0.25) is 0 Å². The number of methoxy groups -OCH3 is 1. The van der Waals surface area contributed by atoms with Crippen molar-refractivity contribution in [1.29, 1.82) is 0 Å². The second-order valence-electron chi connectivity index (χ2n) is 9.61. The molecule has 4 rings (SSSR count). The second kappa shape index (κ2) is 13.1. The summed E-state index contributed by atoms with van der Waals surface area (Å²) in [5.74, 6) is -0.719. The van der Waals surface area contributed by atoms with Crippen LogP contribution < -0.4 is 14.8 Å². The van der Waals surface area contributed by atoms with E-state index in [1.54, 1.807) is 30.3 Å². The molecule has 39 heavy (non-hydrogen) atoms. The molecular weight excluding hydrogens is 622 g/mol. The van der Waals surface area contributed by atoms with Crippen molar-refractivity contribution >= 4 is 34.4 Å². The number of hydrogen-bond acceptors (Lipinski definition) is 7. The Morgan fingerprint density at radius 3 is 2.59 bits per heavy atom. The van der Waals surface area contributed by atoms with E-state index in [1.807, 2.05) is 22.6 Å². The molecule has 3 atom stereocenters. The summed E-state index contributed by atoms with van der Waals surface area (Å²) in [4.78, 5) is 27.9. The van der Waals surface area contributed by atoms with Crippen LogP contribution in [-0.2, 0) is 22.7 Å². The molecule has 1 saturated carbocycles. The SMILES string of the molecule is COc1cc(CO)cc(I)c1OC1C=C(C(=O)NCCO)CC(N(Cc2ccccc2F)C(=O)C2CC2)C1O. The van der Waals surface area contributed by atoms with Gasteiger partial charge in [-0.15, -0.1) is 0 Å². The normalized spacial score (nSPS) is 20.7. The molecule has 0 aromatic heterocycles. The molecule has 2 amide bonds. The van der Waals surface area contributed by atoms with Gasteiger partial charge in [-0.3, -0.25) is 9.59 Å². The predicted molar refractivity (Wildman–Crippen MR) is 148 cm³/mol. The summed E-state index contributed by atoms with van der Waals surface area (Å²) < 4.78 is 26.9. The molecular formula is C28H32FIN2O7. The van der Waals surface area contributed by atoms with Crippen molar-refractivity contribution in [3.63, 3.8) is 0 Å². The fraction of sp³-hybridized carbons (Fsp3) is 0.429. The maximum Gasteiger partial charge on any atom is 0.247 e. The zero-order valence-electron chi connectivity index (χ0n) is 21.5. The third-order valence-electron chi connectivity index (χ3n) is 6.85. The highest BCUT2D eigenvalue weighted by Gasteiger charge is 2.44. The summed E-state index contributed by atoms with van der Waals surface area (Å²) >= 11 is 2.03. The number of nitrogens with zero attached hydrogens (tertiary/aromatic N) is 1. The zero-order chi connectivity index (χ0) is 28.1. The lowest BCUT2D eigenvalue weighted by molar-refractivity contribution is -0.140. The lowest BCUT2D eigenvalue weighted by atomic mass is 9.87. The van der Waals surface area contributed by atoms with Crippen molar-refractivity contribution < 1.29 is 38.8 Å². The van der Waals surface area contributed by atoms with Gasteiger partial charge in [0, 0.05) is 36.6 Å². The highest BCUT2D eigenvalue weighted by atomic mass is 127. The number of carbonyl (C=O) groups is 2. The Balaban J connectivity index is 1.72. The summed E-state index contributed by atoms with van der Waals surface area (Å²) in [5, 5.41) is 32.9. The molecule has 0 heterocycles. The standard InChI is InChI=1S/C28H32FIN2O7/c1-38-24-11-16(15-34)10-21(30)26(24)39-23-13-19(27(36)31-8-9-33)12-22(25(23)35)32(28(37)17-6-7-17)14-18-4-2-3-5-20(18)29/h2-5,10-11,13,17,22-23,25,33-35H,6-9,12,14-15H2,1H3,(H,31,36). The van der Waals surface area contributed by atoms with Gasteiger partial charge in [0.15, 0.2) is 11.5 Å². The van der Waals surface area contributed by atoms with Gasteiger partial charge >= 0.3 is 0 Å². The van der Waals surface area contributed by atoms with Crippen LogP contribution in [-0.4, -0.2) is 70.5 Å². The Bertz CT molecular complexity index is 1240. The molecule has 2 aliphatic carbocycles. The number of rotatable bonds is 11. The van der Waals surface area contributed by atoms with Crippen molar-refractivity contribution in [1.82, 2.24) is 10.2 Å². The molecule has 0 radical (unpaired) electrons. The Morgan fingerprint density at radius 1 is 1.21 bits per heavy atom. The van der Waals surface area contributed by atoms with E-state index >= 15 is 0 Å². The van der Waals surface area contributed by atoms with E-state index in [4.69, 9.17) is 9.47 Å². The maximum atomic E-state index is 14.6. The van der Waals surface area contributed by atoms with Crippen LogP contribution in [0.4, 0.5) is 4.39 Å². The fourth-order valence-corrected chi connectivity index (χ4v) is 5.42. The molecule has 0 spiro atoms. The van der Waals surface area contributed by atoms with E-state index < -0.39 is 30.0 Å². The Hall–Kier alpha value is -2.74. The monoisotopic (exact) mass is 654 g/mol. The molecule has 2 aromatic rings. The first kappa shape index (κ1) is 29.2. The number of halogens is 2. The molecule has 2 aromatic carbocycles. The van der Waals surface area contributed by atoms with Crippen molar-refractivity contribution in [3.8, 4) is 11.5 Å². The number of aliphatic hydroxyl groups is 3. The van der Waals surface area contributed by atoms with Crippen molar-refractivity contribution in [2.24, 2.45) is 5.92 Å². The lowest BCUT2D eigenvalue weighted by Crippen LogP contribution is -2.55. The van der Waals surface area contributed by atoms with E-state index in [0.717, 1.165) is 0 Å². The highest BCUT2D eigenvalue weighted by Crippen LogP contribution is 2.39. The van der Waals surface area contributed by atoms with Gasteiger partial charge in [-0.25, -0.2) is 4.39 Å². The zero-order valence-corrected chi connectivity index (χ0v) is 23.6. The highest BCUT2D eigenvalue weighted by molar-refractivity contribution is 14.1. The largest absolute Gasteiger partial charge is 0.493 e. The van der Waals surface area contributed by atoms with Gasteiger partial charge in [0.05, 0.1) is 29.9 Å². The van der Waals surface area contributed by atoms with Crippen LogP contribution in [0, 0.1) is 15.3 Å². The smallest absolute Gasteiger partial charge is 0.247 e. The van der Waals surface area contributed by atoms with Gasteiger partial charge in [0.2, 0.25) is 11.8 Å². The fourth-order valence-electron chi connectivity index (χ4n) is 4.63. The molecule has 4 N–H and O–H groups in total. The van der Waals surface area contributed by atoms with Gasteiger partial charge in [-0.2, -0.15) is 0 Å². The molecule has 3 unspecified atom stereocenters. The molecule has 0 bridgehead atoms. The first-order valence-electron chi connectivity index (χ1n) is 12.7. The van der Waals surface area contributed by atoms with Crippen molar-refractivity contribution in [3.05, 3.63) is 68.6 Å². The molecule has 210 valence electrons. The molecule has 0 saturated heterocycles. The Kier molecular flexibility index (Phi) is 9.81. The number of amides is 2. The Labute approximate surface area is 239 Å². The predicted octanol–water partition coefficient (Wildman–Crippen LogP) is 2.29. The van der Waals surface area contributed by atoms with Gasteiger partial charge in [0.1, 0.15) is 18.0 Å². The van der Waals surface area contributed by atoms with Crippen molar-refractivity contribution in [2.75, 3.05) is 20.3 Å². The average molecular weight is 654 g/mol. The summed E-state index contributed by atoms with van der Waals surface area (Å²) in [7, 11) is 1.45. The average Bonchev–Trinajstić information content (AvgIpc) is 3.78. The van der Waals surface area contributed by atoms with Gasteiger partial charge in [-0.1, -0.05) is 18.2 Å². The van der Waals surface area contributed by atoms with Crippen LogP contribution in [0.25, 0.3) is 0 Å². The minimum absolute atomic E-state index is 0.0167. The van der Waals surface area contributed by atoms with Crippen LogP contribution in [0.1, 0.15) is 30.4 Å². The summed E-state index contributed by atoms with van der Waals surface area (Å²) in [6.07, 6.45) is 0.626.